The molecule has 156 valence electrons. The molecule has 2 aromatic carbocycles. The minimum Gasteiger partial charge on any atom is -0.493 e. The second kappa shape index (κ2) is 8.38. The zero-order chi connectivity index (χ0) is 21.9. The maximum Gasteiger partial charge on any atom is 0.419 e. The van der Waals surface area contributed by atoms with Crippen molar-refractivity contribution in [3.05, 3.63) is 52.8 Å². The predicted molar refractivity (Wildman–Crippen MR) is 96.9 cm³/mol. The number of benzene rings is 2. The third-order valence-corrected chi connectivity index (χ3v) is 3.94. The van der Waals surface area contributed by atoms with Crippen LogP contribution < -0.4 is 14.8 Å². The average molecular weight is 414 g/mol. The number of carbonyl (C=O) groups is 2. The molecule has 2 rings (SSSR count). The summed E-state index contributed by atoms with van der Waals surface area (Å²) in [5.74, 6) is -2.54. The molecule has 0 aliphatic rings. The van der Waals surface area contributed by atoms with Crippen LogP contribution >= 0.6 is 0 Å². The smallest absolute Gasteiger partial charge is 0.419 e. The van der Waals surface area contributed by atoms with Crippen LogP contribution in [0.25, 0.3) is 0 Å². The number of amides is 2. The van der Waals surface area contributed by atoms with Crippen LogP contribution in [0.4, 0.5) is 23.2 Å². The molecule has 0 fully saturated rings. The Kier molecular flexibility index (Phi) is 6.35. The van der Waals surface area contributed by atoms with Gasteiger partial charge in [-0.1, -0.05) is 0 Å². The van der Waals surface area contributed by atoms with Crippen LogP contribution in [-0.2, 0) is 6.18 Å². The van der Waals surface area contributed by atoms with Crippen LogP contribution in [0.3, 0.4) is 0 Å². The van der Waals surface area contributed by atoms with Gasteiger partial charge in [-0.15, -0.1) is 0 Å². The van der Waals surface area contributed by atoms with E-state index in [0.29, 0.717) is 12.1 Å². The zero-order valence-electron chi connectivity index (χ0n) is 16.0. The van der Waals surface area contributed by atoms with Crippen molar-refractivity contribution in [2.75, 3.05) is 33.6 Å². The molecule has 2 amide bonds. The molecular weight excluding hydrogens is 396 g/mol. The molecule has 0 saturated heterocycles. The molecule has 0 radical (unpaired) electrons. The van der Waals surface area contributed by atoms with E-state index in [0.717, 1.165) is 6.07 Å². The monoisotopic (exact) mass is 414 g/mol. The number of methoxy groups -OCH3 is 2. The van der Waals surface area contributed by atoms with Crippen LogP contribution in [0, 0.1) is 5.82 Å². The van der Waals surface area contributed by atoms with Gasteiger partial charge in [0.25, 0.3) is 11.8 Å². The highest BCUT2D eigenvalue weighted by atomic mass is 19.4. The predicted octanol–water partition coefficient (Wildman–Crippen LogP) is 3.82. The van der Waals surface area contributed by atoms with E-state index < -0.39 is 34.9 Å². The maximum absolute atomic E-state index is 13.5. The summed E-state index contributed by atoms with van der Waals surface area (Å²) in [6.45, 7) is 0. The van der Waals surface area contributed by atoms with Gasteiger partial charge in [-0.25, -0.2) is 4.39 Å². The van der Waals surface area contributed by atoms with E-state index >= 15 is 0 Å². The molecule has 0 aliphatic heterocycles. The molecule has 2 aromatic rings. The summed E-state index contributed by atoms with van der Waals surface area (Å²) in [5, 5.41) is 2.37. The van der Waals surface area contributed by atoms with Crippen molar-refractivity contribution < 1.29 is 36.6 Å². The summed E-state index contributed by atoms with van der Waals surface area (Å²) in [4.78, 5) is 26.2. The van der Waals surface area contributed by atoms with E-state index in [1.165, 1.54) is 45.3 Å². The van der Waals surface area contributed by atoms with E-state index in [4.69, 9.17) is 9.47 Å². The number of hydrogen-bond donors (Lipinski definition) is 1. The van der Waals surface area contributed by atoms with Crippen molar-refractivity contribution >= 4 is 17.5 Å². The van der Waals surface area contributed by atoms with Gasteiger partial charge in [-0.3, -0.25) is 9.59 Å². The molecule has 29 heavy (non-hydrogen) atoms. The first kappa shape index (κ1) is 22.0. The molecule has 10 heteroatoms. The summed E-state index contributed by atoms with van der Waals surface area (Å²) >= 11 is 0. The minimum absolute atomic E-state index is 0.00997. The van der Waals surface area contributed by atoms with Crippen molar-refractivity contribution in [2.45, 2.75) is 6.18 Å². The van der Waals surface area contributed by atoms with Gasteiger partial charge in [-0.05, 0) is 24.3 Å². The van der Waals surface area contributed by atoms with Gasteiger partial charge in [0.1, 0.15) is 5.82 Å². The Labute approximate surface area is 164 Å². The van der Waals surface area contributed by atoms with Crippen molar-refractivity contribution in [3.8, 4) is 11.5 Å². The Balaban J connectivity index is 2.50. The van der Waals surface area contributed by atoms with Gasteiger partial charge in [0.2, 0.25) is 0 Å². The molecule has 1 N–H and O–H groups in total. The highest BCUT2D eigenvalue weighted by molar-refractivity contribution is 6.09. The number of halogens is 4. The highest BCUT2D eigenvalue weighted by Gasteiger charge is 2.34. The van der Waals surface area contributed by atoms with Gasteiger partial charge in [0.15, 0.2) is 11.5 Å². The highest BCUT2D eigenvalue weighted by Crippen LogP contribution is 2.35. The van der Waals surface area contributed by atoms with Crippen molar-refractivity contribution in [2.24, 2.45) is 0 Å². The quantitative estimate of drug-likeness (QED) is 0.756. The summed E-state index contributed by atoms with van der Waals surface area (Å²) in [6.07, 6.45) is -4.96. The van der Waals surface area contributed by atoms with Gasteiger partial charge < -0.3 is 19.7 Å². The lowest BCUT2D eigenvalue weighted by Crippen LogP contribution is -2.24. The molecule has 0 aliphatic carbocycles. The second-order valence-electron chi connectivity index (χ2n) is 6.10. The standard InChI is InChI=1S/C19H18F4N2O4/c1-25(2)18(27)11-8-15(28-3)16(29-4)9-14(11)24-17(26)10-5-6-13(20)12(7-10)19(21,22)23/h5-9H,1-4H3,(H,24,26). The number of nitrogens with zero attached hydrogens (tertiary/aromatic N) is 1. The number of rotatable bonds is 5. The topological polar surface area (TPSA) is 67.9 Å². The van der Waals surface area contributed by atoms with Crippen LogP contribution in [-0.4, -0.2) is 45.0 Å². The van der Waals surface area contributed by atoms with Crippen molar-refractivity contribution in [1.82, 2.24) is 4.90 Å². The second-order valence-corrected chi connectivity index (χ2v) is 6.10. The molecular formula is C19H18F4N2O4. The Bertz CT molecular complexity index is 943. The van der Waals surface area contributed by atoms with E-state index in [-0.39, 0.29) is 22.7 Å². The van der Waals surface area contributed by atoms with E-state index in [1.54, 1.807) is 0 Å². The molecule has 0 atom stereocenters. The van der Waals surface area contributed by atoms with Crippen LogP contribution in [0.15, 0.2) is 30.3 Å². The number of alkyl halides is 3. The fourth-order valence-corrected chi connectivity index (χ4v) is 2.48. The Morgan fingerprint density at radius 3 is 2.10 bits per heavy atom. The summed E-state index contributed by atoms with van der Waals surface area (Å²) in [6, 6.07) is 4.51. The van der Waals surface area contributed by atoms with Crippen LogP contribution in [0.5, 0.6) is 11.5 Å². The summed E-state index contributed by atoms with van der Waals surface area (Å²) in [5.41, 5.74) is -1.98. The van der Waals surface area contributed by atoms with Crippen LogP contribution in [0.2, 0.25) is 0 Å². The van der Waals surface area contributed by atoms with Gasteiger partial charge in [0, 0.05) is 25.7 Å². The third-order valence-electron chi connectivity index (χ3n) is 3.94. The largest absolute Gasteiger partial charge is 0.493 e. The summed E-state index contributed by atoms with van der Waals surface area (Å²) < 4.78 is 62.5. The first-order valence-corrected chi connectivity index (χ1v) is 8.15. The zero-order valence-corrected chi connectivity index (χ0v) is 16.0. The lowest BCUT2D eigenvalue weighted by molar-refractivity contribution is -0.140. The normalized spacial score (nSPS) is 11.0. The van der Waals surface area contributed by atoms with Gasteiger partial charge in [0.05, 0.1) is 31.0 Å². The molecule has 6 nitrogen and oxygen atoms in total. The first-order valence-electron chi connectivity index (χ1n) is 8.15. The summed E-state index contributed by atoms with van der Waals surface area (Å²) in [7, 11) is 5.67. The van der Waals surface area contributed by atoms with Crippen molar-refractivity contribution in [3.63, 3.8) is 0 Å². The fraction of sp³-hybridized carbons (Fsp3) is 0.263. The lowest BCUT2D eigenvalue weighted by atomic mass is 10.1. The number of anilines is 1. The number of nitrogens with one attached hydrogen (secondary N) is 1. The minimum atomic E-state index is -4.96. The molecule has 0 heterocycles. The Hall–Kier alpha value is -3.30. The number of hydrogen-bond acceptors (Lipinski definition) is 4. The maximum atomic E-state index is 13.5. The lowest BCUT2D eigenvalue weighted by Gasteiger charge is -2.18. The van der Waals surface area contributed by atoms with Crippen LogP contribution in [0.1, 0.15) is 26.3 Å². The van der Waals surface area contributed by atoms with E-state index in [1.807, 2.05) is 0 Å². The third kappa shape index (κ3) is 4.76. The number of carbonyl (C=O) groups excluding carboxylic acids is 2. The van der Waals surface area contributed by atoms with E-state index in [9.17, 15) is 27.2 Å². The molecule has 0 spiro atoms. The molecule has 0 bridgehead atoms. The Morgan fingerprint density at radius 2 is 1.59 bits per heavy atom. The Morgan fingerprint density at radius 1 is 1.00 bits per heavy atom. The fourth-order valence-electron chi connectivity index (χ4n) is 2.48. The molecule has 0 aromatic heterocycles. The van der Waals surface area contributed by atoms with Gasteiger partial charge in [-0.2, -0.15) is 13.2 Å². The number of ether oxygens (including phenoxy) is 2. The molecule has 0 unspecified atom stereocenters. The first-order chi connectivity index (χ1) is 13.5. The average Bonchev–Trinajstić information content (AvgIpc) is 2.66. The molecule has 0 saturated carbocycles. The SMILES string of the molecule is COc1cc(NC(=O)c2ccc(F)c(C(F)(F)F)c2)c(C(=O)N(C)C)cc1OC. The van der Waals surface area contributed by atoms with E-state index in [2.05, 4.69) is 5.32 Å². The van der Waals surface area contributed by atoms with Crippen molar-refractivity contribution in [1.29, 1.82) is 0 Å². The van der Waals surface area contributed by atoms with Gasteiger partial charge >= 0.3 is 6.18 Å².